The molecule has 0 radical (unpaired) electrons. The highest BCUT2D eigenvalue weighted by atomic mass is 79.9. The monoisotopic (exact) mass is 458 g/mol. The molecule has 0 aromatic heterocycles. The summed E-state index contributed by atoms with van der Waals surface area (Å²) >= 11 is 7.25. The van der Waals surface area contributed by atoms with E-state index in [1.165, 1.54) is 46.9 Å². The smallest absolute Gasteiger partial charge is 0.0352 e. The summed E-state index contributed by atoms with van der Waals surface area (Å²) in [5.41, 5.74) is 1.45. The summed E-state index contributed by atoms with van der Waals surface area (Å²) in [4.78, 5) is 2.66. The molecule has 2 aliphatic rings. The van der Waals surface area contributed by atoms with Gasteiger partial charge in [0, 0.05) is 41.2 Å². The summed E-state index contributed by atoms with van der Waals surface area (Å²) in [7, 11) is 0. The van der Waals surface area contributed by atoms with Crippen molar-refractivity contribution in [1.82, 2.24) is 10.2 Å². The van der Waals surface area contributed by atoms with Crippen molar-refractivity contribution < 1.29 is 0 Å². The van der Waals surface area contributed by atoms with E-state index in [2.05, 4.69) is 60.3 Å². The first-order valence-corrected chi connectivity index (χ1v) is 8.72. The summed E-state index contributed by atoms with van der Waals surface area (Å²) in [5.74, 6) is 0.956. The van der Waals surface area contributed by atoms with Gasteiger partial charge in [-0.25, -0.2) is 0 Å². The molecule has 3 rings (SSSR count). The molecule has 1 N–H and O–H groups in total. The zero-order valence-corrected chi connectivity index (χ0v) is 16.7. The van der Waals surface area contributed by atoms with Gasteiger partial charge < -0.3 is 5.32 Å². The minimum Gasteiger partial charge on any atom is -0.314 e. The Labute approximate surface area is 156 Å². The largest absolute Gasteiger partial charge is 0.314 e. The van der Waals surface area contributed by atoms with Gasteiger partial charge >= 0.3 is 0 Å². The molecular formula is C15H22Br2Cl2N2. The van der Waals surface area contributed by atoms with Gasteiger partial charge in [-0.1, -0.05) is 44.7 Å². The van der Waals surface area contributed by atoms with Crippen molar-refractivity contribution in [3.63, 3.8) is 0 Å². The van der Waals surface area contributed by atoms with Crippen LogP contribution < -0.4 is 5.32 Å². The molecule has 1 aliphatic carbocycles. The first-order chi connectivity index (χ1) is 9.22. The molecule has 0 bridgehead atoms. The number of halogens is 4. The molecule has 1 aromatic rings. The van der Waals surface area contributed by atoms with Crippen LogP contribution in [0.4, 0.5) is 0 Å². The molecule has 1 saturated heterocycles. The van der Waals surface area contributed by atoms with Crippen molar-refractivity contribution in [2.75, 3.05) is 26.2 Å². The molecule has 0 spiro atoms. The molecule has 0 amide bonds. The molecule has 120 valence electrons. The van der Waals surface area contributed by atoms with Crippen LogP contribution in [0.2, 0.25) is 0 Å². The summed E-state index contributed by atoms with van der Waals surface area (Å²) in [5, 5.41) is 3.45. The number of rotatable bonds is 4. The van der Waals surface area contributed by atoms with Crippen LogP contribution >= 0.6 is 56.7 Å². The minimum atomic E-state index is 0. The maximum atomic E-state index is 3.63. The van der Waals surface area contributed by atoms with Gasteiger partial charge in [0.2, 0.25) is 0 Å². The average molecular weight is 461 g/mol. The molecule has 6 heteroatoms. The van der Waals surface area contributed by atoms with Gasteiger partial charge in [0.25, 0.3) is 0 Å². The molecule has 1 aliphatic heterocycles. The first kappa shape index (κ1) is 19.7. The lowest BCUT2D eigenvalue weighted by Crippen LogP contribution is -2.45. The molecule has 2 fully saturated rings. The van der Waals surface area contributed by atoms with Crippen molar-refractivity contribution in [3.05, 3.63) is 32.7 Å². The van der Waals surface area contributed by atoms with Crippen molar-refractivity contribution in [2.24, 2.45) is 5.92 Å². The lowest BCUT2D eigenvalue weighted by Gasteiger charge is -2.35. The molecule has 1 saturated carbocycles. The van der Waals surface area contributed by atoms with Crippen LogP contribution in [0.1, 0.15) is 30.9 Å². The van der Waals surface area contributed by atoms with Gasteiger partial charge in [0.1, 0.15) is 0 Å². The zero-order valence-electron chi connectivity index (χ0n) is 11.9. The van der Waals surface area contributed by atoms with Gasteiger partial charge in [-0.05, 0) is 36.1 Å². The summed E-state index contributed by atoms with van der Waals surface area (Å²) in [6.07, 6.45) is 4.18. The fraction of sp³-hybridized carbons (Fsp3) is 0.600. The third kappa shape index (κ3) is 5.67. The number of benzene rings is 1. The normalized spacial score (nSPS) is 20.3. The SMILES string of the molecule is Brc1cc(Br)cc([C@@H](CC2CC2)N2CCNCC2)c1.Cl.Cl. The van der Waals surface area contributed by atoms with Crippen LogP contribution in [-0.2, 0) is 0 Å². The first-order valence-electron chi connectivity index (χ1n) is 7.13. The number of nitrogens with one attached hydrogen (secondary N) is 1. The quantitative estimate of drug-likeness (QED) is 0.694. The van der Waals surface area contributed by atoms with Crippen LogP contribution in [0.25, 0.3) is 0 Å². The van der Waals surface area contributed by atoms with Crippen LogP contribution in [0, 0.1) is 5.92 Å². The molecule has 2 nitrogen and oxygen atoms in total. The standard InChI is InChI=1S/C15H20Br2N2.2ClH/c16-13-8-12(9-14(17)10-13)15(7-11-1-2-11)19-5-3-18-4-6-19;;/h8-11,15,18H,1-7H2;2*1H/t15-;;/m1../s1. The van der Waals surface area contributed by atoms with Crippen LogP contribution in [0.3, 0.4) is 0 Å². The van der Waals surface area contributed by atoms with Crippen molar-refractivity contribution in [3.8, 4) is 0 Å². The number of nitrogens with zero attached hydrogens (tertiary/aromatic N) is 1. The third-order valence-corrected chi connectivity index (χ3v) is 5.03. The highest BCUT2D eigenvalue weighted by molar-refractivity contribution is 9.11. The third-order valence-electron chi connectivity index (χ3n) is 4.12. The van der Waals surface area contributed by atoms with Gasteiger partial charge in [-0.3, -0.25) is 4.90 Å². The molecule has 21 heavy (non-hydrogen) atoms. The summed E-state index contributed by atoms with van der Waals surface area (Å²) < 4.78 is 2.35. The maximum absolute atomic E-state index is 3.63. The Balaban J connectivity index is 0.00000110. The van der Waals surface area contributed by atoms with Crippen molar-refractivity contribution in [1.29, 1.82) is 0 Å². The Morgan fingerprint density at radius 3 is 2.14 bits per heavy atom. The predicted molar refractivity (Wildman–Crippen MR) is 101 cm³/mol. The minimum absolute atomic E-state index is 0. The van der Waals surface area contributed by atoms with Crippen LogP contribution in [-0.4, -0.2) is 31.1 Å². The van der Waals surface area contributed by atoms with Crippen molar-refractivity contribution in [2.45, 2.75) is 25.3 Å². The number of hydrogen-bond donors (Lipinski definition) is 1. The predicted octanol–water partition coefficient (Wildman–Crippen LogP) is 4.80. The summed E-state index contributed by atoms with van der Waals surface area (Å²) in [6.45, 7) is 4.58. The molecule has 1 heterocycles. The van der Waals surface area contributed by atoms with Crippen molar-refractivity contribution >= 4 is 56.7 Å². The van der Waals surface area contributed by atoms with E-state index in [-0.39, 0.29) is 24.8 Å². The molecular weight excluding hydrogens is 439 g/mol. The van der Waals surface area contributed by atoms with Gasteiger partial charge in [0.15, 0.2) is 0 Å². The van der Waals surface area contributed by atoms with E-state index in [0.29, 0.717) is 6.04 Å². The van der Waals surface area contributed by atoms with E-state index in [4.69, 9.17) is 0 Å². The second-order valence-corrected chi connectivity index (χ2v) is 7.51. The average Bonchev–Trinajstić information content (AvgIpc) is 3.20. The fourth-order valence-electron chi connectivity index (χ4n) is 2.93. The van der Waals surface area contributed by atoms with E-state index >= 15 is 0 Å². The topological polar surface area (TPSA) is 15.3 Å². The second-order valence-electron chi connectivity index (χ2n) is 5.68. The molecule has 1 aromatic carbocycles. The Morgan fingerprint density at radius 1 is 1.05 bits per heavy atom. The highest BCUT2D eigenvalue weighted by Crippen LogP contribution is 2.41. The Hall–Kier alpha value is 0.680. The maximum Gasteiger partial charge on any atom is 0.0352 e. The molecule has 1 atom stereocenters. The van der Waals surface area contributed by atoms with Crippen LogP contribution in [0.15, 0.2) is 27.1 Å². The van der Waals surface area contributed by atoms with Gasteiger partial charge in [-0.15, -0.1) is 24.8 Å². The zero-order chi connectivity index (χ0) is 13.2. The van der Waals surface area contributed by atoms with E-state index < -0.39 is 0 Å². The van der Waals surface area contributed by atoms with E-state index in [1.807, 2.05) is 0 Å². The molecule has 0 unspecified atom stereocenters. The highest BCUT2D eigenvalue weighted by Gasteiger charge is 2.30. The van der Waals surface area contributed by atoms with E-state index in [1.54, 1.807) is 0 Å². The number of piperazine rings is 1. The lowest BCUT2D eigenvalue weighted by molar-refractivity contribution is 0.160. The van der Waals surface area contributed by atoms with Gasteiger partial charge in [0.05, 0.1) is 0 Å². The Kier molecular flexibility index (Phi) is 8.54. The van der Waals surface area contributed by atoms with E-state index in [9.17, 15) is 0 Å². The van der Waals surface area contributed by atoms with E-state index in [0.717, 1.165) is 19.0 Å². The Bertz CT molecular complexity index is 429. The summed E-state index contributed by atoms with van der Waals surface area (Å²) in [6, 6.07) is 7.29. The number of hydrogen-bond acceptors (Lipinski definition) is 2. The second kappa shape index (κ2) is 9.09. The fourth-order valence-corrected chi connectivity index (χ4v) is 4.26. The van der Waals surface area contributed by atoms with Crippen LogP contribution in [0.5, 0.6) is 0 Å². The Morgan fingerprint density at radius 2 is 1.62 bits per heavy atom. The van der Waals surface area contributed by atoms with Gasteiger partial charge in [-0.2, -0.15) is 0 Å². The lowest BCUT2D eigenvalue weighted by atomic mass is 9.99.